The van der Waals surface area contributed by atoms with E-state index < -0.39 is 11.9 Å². The van der Waals surface area contributed by atoms with Crippen molar-refractivity contribution >= 4 is 40.3 Å². The van der Waals surface area contributed by atoms with Crippen LogP contribution in [0.2, 0.25) is 0 Å². The van der Waals surface area contributed by atoms with Gasteiger partial charge in [-0.2, -0.15) is 5.26 Å². The Balaban J connectivity index is 1.34. The van der Waals surface area contributed by atoms with Gasteiger partial charge in [0.05, 0.1) is 30.2 Å². The van der Waals surface area contributed by atoms with Crippen LogP contribution >= 0.6 is 11.8 Å². The van der Waals surface area contributed by atoms with Crippen molar-refractivity contribution < 1.29 is 18.7 Å². The Hall–Kier alpha value is -3.24. The smallest absolute Gasteiger partial charge is 0.310 e. The van der Waals surface area contributed by atoms with Gasteiger partial charge in [0, 0.05) is 15.8 Å². The van der Waals surface area contributed by atoms with Gasteiger partial charge in [-0.05, 0) is 54.7 Å². The molecular formula is C23H20N2O4S. The van der Waals surface area contributed by atoms with Crippen molar-refractivity contribution in [1.82, 2.24) is 0 Å². The zero-order valence-corrected chi connectivity index (χ0v) is 17.1. The average molecular weight is 420 g/mol. The third-order valence-electron chi connectivity index (χ3n) is 5.02. The van der Waals surface area contributed by atoms with Gasteiger partial charge in [0.2, 0.25) is 0 Å². The minimum Gasteiger partial charge on any atom is -0.464 e. The van der Waals surface area contributed by atoms with Crippen LogP contribution in [0, 0.1) is 11.3 Å². The Morgan fingerprint density at radius 2 is 2.00 bits per heavy atom. The highest BCUT2D eigenvalue weighted by atomic mass is 32.2. The topological polar surface area (TPSA) is 92.3 Å². The summed E-state index contributed by atoms with van der Waals surface area (Å²) in [6.45, 7) is -0.374. The number of ether oxygens (including phenoxy) is 1. The highest BCUT2D eigenvalue weighted by Gasteiger charge is 2.18. The summed E-state index contributed by atoms with van der Waals surface area (Å²) in [5, 5.41) is 12.4. The highest BCUT2D eigenvalue weighted by Crippen LogP contribution is 2.30. The third-order valence-corrected chi connectivity index (χ3v) is 5.96. The molecule has 0 atom stereocenters. The van der Waals surface area contributed by atoms with Crippen LogP contribution in [0.1, 0.15) is 23.1 Å². The van der Waals surface area contributed by atoms with Crippen molar-refractivity contribution in [2.45, 2.75) is 30.6 Å². The van der Waals surface area contributed by atoms with E-state index in [4.69, 9.17) is 14.4 Å². The summed E-state index contributed by atoms with van der Waals surface area (Å²) in [5.74, 6) is -0.632. The molecule has 3 aromatic rings. The number of para-hydroxylation sites is 1. The molecule has 152 valence electrons. The van der Waals surface area contributed by atoms with E-state index in [9.17, 15) is 9.59 Å². The summed E-state index contributed by atoms with van der Waals surface area (Å²) in [6, 6.07) is 13.4. The average Bonchev–Trinajstić information content (AvgIpc) is 3.36. The van der Waals surface area contributed by atoms with Crippen LogP contribution in [-0.4, -0.2) is 24.2 Å². The second kappa shape index (κ2) is 9.06. The van der Waals surface area contributed by atoms with E-state index >= 15 is 0 Å². The van der Waals surface area contributed by atoms with Gasteiger partial charge in [0.25, 0.3) is 5.91 Å². The summed E-state index contributed by atoms with van der Waals surface area (Å²) in [4.78, 5) is 25.3. The number of rotatable bonds is 7. The van der Waals surface area contributed by atoms with E-state index in [1.54, 1.807) is 18.4 Å². The number of furan rings is 1. The first-order chi connectivity index (χ1) is 14.6. The number of fused-ring (bicyclic) bond motifs is 2. The van der Waals surface area contributed by atoms with Gasteiger partial charge in [-0.3, -0.25) is 9.59 Å². The number of anilines is 1. The molecule has 7 heteroatoms. The molecule has 0 fully saturated rings. The van der Waals surface area contributed by atoms with Gasteiger partial charge in [-0.1, -0.05) is 12.1 Å². The maximum absolute atomic E-state index is 12.3. The molecule has 30 heavy (non-hydrogen) atoms. The fourth-order valence-electron chi connectivity index (χ4n) is 3.63. The van der Waals surface area contributed by atoms with Crippen LogP contribution in [0.25, 0.3) is 11.0 Å². The fraction of sp³-hybridized carbons (Fsp3) is 0.261. The van der Waals surface area contributed by atoms with Gasteiger partial charge in [-0.15, -0.1) is 11.8 Å². The molecule has 2 aromatic carbocycles. The van der Waals surface area contributed by atoms with Crippen molar-refractivity contribution in [1.29, 1.82) is 5.26 Å². The second-order valence-corrected chi connectivity index (χ2v) is 8.08. The lowest BCUT2D eigenvalue weighted by Gasteiger charge is -2.10. The number of hydrogen-bond acceptors (Lipinski definition) is 6. The Morgan fingerprint density at radius 1 is 1.20 bits per heavy atom. The molecule has 0 saturated heterocycles. The Bertz CT molecular complexity index is 1150. The molecule has 1 heterocycles. The van der Waals surface area contributed by atoms with Crippen molar-refractivity contribution in [3.05, 3.63) is 59.4 Å². The number of amides is 1. The molecule has 0 bridgehead atoms. The fourth-order valence-corrected chi connectivity index (χ4v) is 4.30. The van der Waals surface area contributed by atoms with Crippen LogP contribution in [0.3, 0.4) is 0 Å². The van der Waals surface area contributed by atoms with Crippen molar-refractivity contribution in [3.8, 4) is 6.07 Å². The molecule has 4 rings (SSSR count). The van der Waals surface area contributed by atoms with E-state index in [-0.39, 0.29) is 18.8 Å². The first-order valence-electron chi connectivity index (χ1n) is 9.70. The van der Waals surface area contributed by atoms with E-state index in [1.807, 2.05) is 12.1 Å². The third kappa shape index (κ3) is 4.50. The summed E-state index contributed by atoms with van der Waals surface area (Å²) in [5.41, 5.74) is 4.76. The minimum atomic E-state index is -0.486. The number of nitrogens with one attached hydrogen (secondary N) is 1. The molecule has 0 aliphatic heterocycles. The number of esters is 1. The summed E-state index contributed by atoms with van der Waals surface area (Å²) in [6.07, 6.45) is 4.90. The van der Waals surface area contributed by atoms with E-state index in [0.29, 0.717) is 5.69 Å². The van der Waals surface area contributed by atoms with Gasteiger partial charge >= 0.3 is 5.97 Å². The number of nitrogens with zero attached hydrogens (tertiary/aromatic N) is 1. The number of benzene rings is 2. The second-order valence-electron chi connectivity index (χ2n) is 7.06. The maximum atomic E-state index is 12.3. The number of carbonyl (C=O) groups excluding carboxylic acids is 2. The van der Waals surface area contributed by atoms with Gasteiger partial charge in [-0.25, -0.2) is 0 Å². The molecule has 1 aromatic heterocycles. The number of hydrogen-bond donors (Lipinski definition) is 1. The standard InChI is InChI=1S/C23H20N2O4S/c24-8-9-30-21-7-2-1-6-19(21)25-22(26)14-29-23(27)12-17-13-28-20-11-16-5-3-4-15(16)10-18(17)20/h1-2,6-7,10-11,13H,3-5,9,12,14H2,(H,25,26). The predicted molar refractivity (Wildman–Crippen MR) is 114 cm³/mol. The van der Waals surface area contributed by atoms with Gasteiger partial charge in [0.1, 0.15) is 5.58 Å². The van der Waals surface area contributed by atoms with Crippen LogP contribution < -0.4 is 5.32 Å². The quantitative estimate of drug-likeness (QED) is 0.453. The maximum Gasteiger partial charge on any atom is 0.310 e. The van der Waals surface area contributed by atoms with E-state index in [0.717, 1.165) is 40.7 Å². The lowest BCUT2D eigenvalue weighted by molar-refractivity contribution is -0.146. The first kappa shape index (κ1) is 20.0. The minimum absolute atomic E-state index is 0.0493. The number of thioether (sulfide) groups is 1. The predicted octanol–water partition coefficient (Wildman–Crippen LogP) is 4.26. The van der Waals surface area contributed by atoms with Crippen LogP contribution in [0.15, 0.2) is 52.0 Å². The molecule has 1 amide bonds. The summed E-state index contributed by atoms with van der Waals surface area (Å²) >= 11 is 1.33. The zero-order chi connectivity index (χ0) is 20.9. The van der Waals surface area contributed by atoms with Crippen LogP contribution in [0.4, 0.5) is 5.69 Å². The normalized spacial score (nSPS) is 12.4. The Kier molecular flexibility index (Phi) is 6.05. The SMILES string of the molecule is N#CCSc1ccccc1NC(=O)COC(=O)Cc1coc2cc3c(cc12)CCC3. The lowest BCUT2D eigenvalue weighted by atomic mass is 10.0. The molecule has 6 nitrogen and oxygen atoms in total. The van der Waals surface area contributed by atoms with E-state index in [2.05, 4.69) is 23.5 Å². The monoisotopic (exact) mass is 420 g/mol. The molecule has 0 radical (unpaired) electrons. The number of carbonyl (C=O) groups is 2. The van der Waals surface area contributed by atoms with Crippen LogP contribution in [0.5, 0.6) is 0 Å². The highest BCUT2D eigenvalue weighted by molar-refractivity contribution is 7.99. The molecule has 1 N–H and O–H groups in total. The number of aryl methyl sites for hydroxylation is 2. The molecular weight excluding hydrogens is 400 g/mol. The molecule has 0 unspecified atom stereocenters. The Labute approximate surface area is 178 Å². The largest absolute Gasteiger partial charge is 0.464 e. The lowest BCUT2D eigenvalue weighted by Crippen LogP contribution is -2.21. The van der Waals surface area contributed by atoms with E-state index in [1.165, 1.54) is 22.9 Å². The van der Waals surface area contributed by atoms with Crippen molar-refractivity contribution in [2.24, 2.45) is 0 Å². The van der Waals surface area contributed by atoms with Gasteiger partial charge in [0.15, 0.2) is 6.61 Å². The first-order valence-corrected chi connectivity index (χ1v) is 10.7. The number of nitriles is 1. The summed E-state index contributed by atoms with van der Waals surface area (Å²) < 4.78 is 10.8. The van der Waals surface area contributed by atoms with Crippen LogP contribution in [-0.2, 0) is 33.6 Å². The molecule has 1 aliphatic rings. The molecule has 0 saturated carbocycles. The molecule has 0 spiro atoms. The Morgan fingerprint density at radius 3 is 2.83 bits per heavy atom. The summed E-state index contributed by atoms with van der Waals surface area (Å²) in [7, 11) is 0. The van der Waals surface area contributed by atoms with Crippen molar-refractivity contribution in [3.63, 3.8) is 0 Å². The zero-order valence-electron chi connectivity index (χ0n) is 16.3. The van der Waals surface area contributed by atoms with Crippen molar-refractivity contribution in [2.75, 3.05) is 17.7 Å². The van der Waals surface area contributed by atoms with Gasteiger partial charge < -0.3 is 14.5 Å². The molecule has 1 aliphatic carbocycles.